The van der Waals surface area contributed by atoms with Crippen LogP contribution in [0.15, 0.2) is 72.4 Å². The van der Waals surface area contributed by atoms with Crippen molar-refractivity contribution in [3.8, 4) is 28.2 Å². The zero-order valence-corrected chi connectivity index (χ0v) is 27.1. The molecule has 5 aromatic rings. The van der Waals surface area contributed by atoms with Crippen LogP contribution in [-0.4, -0.2) is 68.1 Å². The van der Waals surface area contributed by atoms with Gasteiger partial charge in [0.25, 0.3) is 5.56 Å². The molecule has 50 heavy (non-hydrogen) atoms. The third kappa shape index (κ3) is 7.72. The molecule has 1 aliphatic rings. The van der Waals surface area contributed by atoms with E-state index in [0.29, 0.717) is 52.6 Å². The predicted octanol–water partition coefficient (Wildman–Crippen LogP) is 5.22. The lowest BCUT2D eigenvalue weighted by molar-refractivity contribution is -0.192. The monoisotopic (exact) mass is 712 g/mol. The van der Waals surface area contributed by atoms with Gasteiger partial charge in [0.15, 0.2) is 5.69 Å². The molecule has 1 amide bonds. The molecule has 2 atom stereocenters. The van der Waals surface area contributed by atoms with Gasteiger partial charge in [0.1, 0.15) is 6.33 Å². The molecule has 3 N–H and O–H groups in total. The maximum Gasteiger partial charge on any atom is 0.490 e. The molecule has 18 heteroatoms. The number of imidazole rings is 1. The topological polar surface area (TPSA) is 187 Å². The van der Waals surface area contributed by atoms with Crippen LogP contribution in [0, 0.1) is 5.92 Å². The van der Waals surface area contributed by atoms with Crippen LogP contribution < -0.4 is 10.9 Å². The number of nitrogens with zero attached hydrogens (tertiary/aromatic N) is 7. The smallest absolute Gasteiger partial charge is 0.476 e. The van der Waals surface area contributed by atoms with E-state index in [1.54, 1.807) is 51.5 Å². The number of nitrogens with one attached hydrogen (secondary N) is 1. The molecule has 6 rings (SSSR count). The Morgan fingerprint density at radius 2 is 1.76 bits per heavy atom. The summed E-state index contributed by atoms with van der Waals surface area (Å²) in [4.78, 5) is 60.1. The molecular weight excluding hydrogens is 685 g/mol. The van der Waals surface area contributed by atoms with Crippen molar-refractivity contribution in [2.24, 2.45) is 13.0 Å². The van der Waals surface area contributed by atoms with Crippen LogP contribution >= 0.6 is 11.6 Å². The van der Waals surface area contributed by atoms with Crippen molar-refractivity contribution in [3.05, 3.63) is 94.4 Å². The van der Waals surface area contributed by atoms with Crippen LogP contribution in [0.5, 0.6) is 0 Å². The maximum atomic E-state index is 13.7. The van der Waals surface area contributed by atoms with Gasteiger partial charge in [-0.1, -0.05) is 24.9 Å². The molecule has 0 saturated carbocycles. The number of rotatable bonds is 4. The van der Waals surface area contributed by atoms with E-state index in [1.807, 2.05) is 19.1 Å². The van der Waals surface area contributed by atoms with Crippen molar-refractivity contribution in [1.82, 2.24) is 33.9 Å². The fourth-order valence-corrected chi connectivity index (χ4v) is 5.55. The van der Waals surface area contributed by atoms with Crippen LogP contribution in [0.25, 0.3) is 28.2 Å². The van der Waals surface area contributed by atoms with E-state index in [0.717, 1.165) is 11.3 Å². The van der Waals surface area contributed by atoms with Gasteiger partial charge in [-0.05, 0) is 43.2 Å². The number of aromatic nitrogens is 7. The van der Waals surface area contributed by atoms with Gasteiger partial charge in [-0.15, -0.1) is 0 Å². The van der Waals surface area contributed by atoms with Gasteiger partial charge in [-0.2, -0.15) is 18.3 Å². The minimum absolute atomic E-state index is 0.0884. The number of aromatic carboxylic acids is 1. The summed E-state index contributed by atoms with van der Waals surface area (Å²) < 4.78 is 36.5. The van der Waals surface area contributed by atoms with Gasteiger partial charge in [-0.3, -0.25) is 23.8 Å². The SMILES string of the molecule is C[C@@H]1CCC[C@H](n2cnc(-c3cc(Cl)ccc3-n3cnc(C(=O)O)c3)cc2=O)c2cc(ccn2)-c2c(cnn2C)NC1=O.O=C(O)C(F)(F)F. The Labute approximate surface area is 285 Å². The summed E-state index contributed by atoms with van der Waals surface area (Å²) in [5, 5.41) is 24.2. The van der Waals surface area contributed by atoms with Gasteiger partial charge < -0.3 is 20.1 Å². The lowest BCUT2D eigenvalue weighted by atomic mass is 9.97. The van der Waals surface area contributed by atoms with Crippen molar-refractivity contribution >= 4 is 35.1 Å². The van der Waals surface area contributed by atoms with E-state index in [1.165, 1.54) is 24.9 Å². The van der Waals surface area contributed by atoms with Crippen molar-refractivity contribution in [1.29, 1.82) is 0 Å². The van der Waals surface area contributed by atoms with Gasteiger partial charge >= 0.3 is 18.1 Å². The van der Waals surface area contributed by atoms with Crippen molar-refractivity contribution in [2.75, 3.05) is 5.32 Å². The summed E-state index contributed by atoms with van der Waals surface area (Å²) in [6.07, 6.45) is 4.35. The van der Waals surface area contributed by atoms with E-state index in [2.05, 4.69) is 25.4 Å². The molecule has 0 aliphatic carbocycles. The highest BCUT2D eigenvalue weighted by atomic mass is 35.5. The number of carboxylic acid groups (broad SMARTS) is 2. The molecule has 0 saturated heterocycles. The number of carbonyl (C=O) groups excluding carboxylic acids is 1. The Balaban J connectivity index is 0.000000630. The van der Waals surface area contributed by atoms with Gasteiger partial charge in [0, 0.05) is 47.6 Å². The second-order valence-corrected chi connectivity index (χ2v) is 11.7. The first-order valence-corrected chi connectivity index (χ1v) is 15.3. The molecule has 5 heterocycles. The summed E-state index contributed by atoms with van der Waals surface area (Å²) in [6.45, 7) is 1.88. The molecule has 1 aromatic carbocycles. The van der Waals surface area contributed by atoms with E-state index in [9.17, 15) is 32.7 Å². The number of amides is 1. The number of aryl methyl sites for hydroxylation is 1. The second-order valence-electron chi connectivity index (χ2n) is 11.3. The van der Waals surface area contributed by atoms with Crippen LogP contribution in [0.4, 0.5) is 18.9 Å². The molecule has 1 aliphatic heterocycles. The number of anilines is 1. The number of carboxylic acids is 2. The van der Waals surface area contributed by atoms with Gasteiger partial charge in [0.2, 0.25) is 5.91 Å². The molecule has 14 nitrogen and oxygen atoms in total. The molecule has 0 spiro atoms. The van der Waals surface area contributed by atoms with Crippen LogP contribution in [0.3, 0.4) is 0 Å². The second kappa shape index (κ2) is 14.3. The molecule has 2 bridgehead atoms. The van der Waals surface area contributed by atoms with Crippen LogP contribution in [0.2, 0.25) is 5.02 Å². The van der Waals surface area contributed by atoms with Gasteiger partial charge in [0.05, 0.1) is 47.0 Å². The van der Waals surface area contributed by atoms with Crippen LogP contribution in [0.1, 0.15) is 48.4 Å². The number of carbonyl (C=O) groups is 3. The number of hydrogen-bond acceptors (Lipinski definition) is 8. The Bertz CT molecular complexity index is 2140. The Morgan fingerprint density at radius 1 is 1.02 bits per heavy atom. The number of halogens is 4. The first kappa shape index (κ1) is 35.5. The average molecular weight is 713 g/mol. The fourth-order valence-electron chi connectivity index (χ4n) is 5.38. The number of hydrogen-bond donors (Lipinski definition) is 3. The van der Waals surface area contributed by atoms with E-state index in [-0.39, 0.29) is 23.1 Å². The first-order valence-electron chi connectivity index (χ1n) is 14.9. The first-order chi connectivity index (χ1) is 23.6. The minimum atomic E-state index is -5.08. The fraction of sp³-hybridized carbons (Fsp3) is 0.250. The minimum Gasteiger partial charge on any atom is -0.476 e. The number of aliphatic carboxylic acids is 1. The standard InChI is InChI=1S/C30H27ClN8O4.C2HF3O2/c1-17-4-3-5-26(22-10-18(8-9-32-22)28-23(36-29(17)41)13-35-37(28)2)39-16-34-21(12-27(39)40)20-11-19(31)6-7-25(20)38-14-24(30(42)43)33-15-38;3-2(4,5)1(6)7/h6-17,26H,3-5H2,1-2H3,(H,36,41)(H,42,43);(H,6,7)/t17-,26+;/m1./s1. The highest BCUT2D eigenvalue weighted by Crippen LogP contribution is 2.33. The largest absolute Gasteiger partial charge is 0.490 e. The quantitative estimate of drug-likeness (QED) is 0.223. The molecular formula is C32H28ClF3N8O6. The lowest BCUT2D eigenvalue weighted by Crippen LogP contribution is -2.27. The number of fused-ring (bicyclic) bond motifs is 4. The number of alkyl halides is 3. The highest BCUT2D eigenvalue weighted by Gasteiger charge is 2.38. The highest BCUT2D eigenvalue weighted by molar-refractivity contribution is 6.31. The Hall–Kier alpha value is -5.84. The van der Waals surface area contributed by atoms with E-state index >= 15 is 0 Å². The van der Waals surface area contributed by atoms with Crippen LogP contribution in [-0.2, 0) is 16.6 Å². The van der Waals surface area contributed by atoms with Crippen molar-refractivity contribution in [3.63, 3.8) is 0 Å². The predicted molar refractivity (Wildman–Crippen MR) is 173 cm³/mol. The Kier molecular flexibility index (Phi) is 10.2. The zero-order chi connectivity index (χ0) is 36.3. The normalized spacial score (nSPS) is 16.2. The molecule has 0 radical (unpaired) electrons. The summed E-state index contributed by atoms with van der Waals surface area (Å²) >= 11 is 6.32. The third-order valence-electron chi connectivity index (χ3n) is 7.88. The van der Waals surface area contributed by atoms with E-state index < -0.39 is 24.2 Å². The van der Waals surface area contributed by atoms with Gasteiger partial charge in [-0.25, -0.2) is 19.6 Å². The summed E-state index contributed by atoms with van der Waals surface area (Å²) in [5.74, 6) is -4.25. The van der Waals surface area contributed by atoms with Crippen molar-refractivity contribution in [2.45, 2.75) is 38.4 Å². The molecule has 0 unspecified atom stereocenters. The summed E-state index contributed by atoms with van der Waals surface area (Å²) in [6, 6.07) is 9.80. The number of pyridine rings is 1. The third-order valence-corrected chi connectivity index (χ3v) is 8.12. The van der Waals surface area contributed by atoms with Crippen molar-refractivity contribution < 1.29 is 37.8 Å². The zero-order valence-electron chi connectivity index (χ0n) is 26.3. The van der Waals surface area contributed by atoms with E-state index in [4.69, 9.17) is 21.5 Å². The molecule has 260 valence electrons. The maximum absolute atomic E-state index is 13.7. The summed E-state index contributed by atoms with van der Waals surface area (Å²) in [7, 11) is 1.81. The Morgan fingerprint density at radius 3 is 2.42 bits per heavy atom. The molecule has 0 fully saturated rings. The lowest BCUT2D eigenvalue weighted by Gasteiger charge is -2.22. The summed E-state index contributed by atoms with van der Waals surface area (Å²) in [5.41, 5.74) is 3.89. The molecule has 4 aromatic heterocycles. The number of benzene rings is 1. The average Bonchev–Trinajstić information content (AvgIpc) is 3.70.